The Labute approximate surface area is 164 Å². The normalized spacial score (nSPS) is 15.2. The van der Waals surface area contributed by atoms with Gasteiger partial charge in [-0.1, -0.05) is 54.6 Å². The molecule has 0 atom stereocenters. The number of aromatic nitrogens is 1. The molecule has 28 heavy (non-hydrogen) atoms. The first-order valence-electron chi connectivity index (χ1n) is 9.73. The lowest BCUT2D eigenvalue weighted by molar-refractivity contribution is 0.253. The predicted octanol–water partition coefficient (Wildman–Crippen LogP) is 6.01. The first-order chi connectivity index (χ1) is 13.7. The average molecular weight is 366 g/mol. The predicted molar refractivity (Wildman–Crippen MR) is 113 cm³/mol. The van der Waals surface area contributed by atoms with E-state index in [2.05, 4.69) is 47.4 Å². The number of hydrogen-bond donors (Lipinski definition) is 1. The number of furan rings is 1. The molecule has 2 N–H and O–H groups in total. The molecule has 3 heteroatoms. The van der Waals surface area contributed by atoms with Gasteiger partial charge in [0.1, 0.15) is 5.76 Å². The minimum Gasteiger partial charge on any atom is -0.464 e. The molecule has 2 aromatic heterocycles. The van der Waals surface area contributed by atoms with Crippen LogP contribution < -0.4 is 5.73 Å². The van der Waals surface area contributed by atoms with Crippen molar-refractivity contribution in [1.82, 2.24) is 4.98 Å². The van der Waals surface area contributed by atoms with Crippen molar-refractivity contribution >= 4 is 0 Å². The fourth-order valence-corrected chi connectivity index (χ4v) is 3.99. The molecular weight excluding hydrogens is 344 g/mol. The van der Waals surface area contributed by atoms with Crippen molar-refractivity contribution in [2.45, 2.75) is 24.8 Å². The molecule has 0 saturated heterocycles. The smallest absolute Gasteiger partial charge is 0.143 e. The molecule has 0 aliphatic heterocycles. The summed E-state index contributed by atoms with van der Waals surface area (Å²) in [6.45, 7) is 0. The lowest BCUT2D eigenvalue weighted by atomic mass is 9.72. The van der Waals surface area contributed by atoms with Crippen LogP contribution in [0.1, 0.15) is 24.8 Å². The number of pyridine rings is 1. The molecule has 2 aromatic carbocycles. The summed E-state index contributed by atoms with van der Waals surface area (Å²) in [4.78, 5) is 4.67. The van der Waals surface area contributed by atoms with E-state index < -0.39 is 0 Å². The molecule has 0 amide bonds. The van der Waals surface area contributed by atoms with E-state index in [0.29, 0.717) is 0 Å². The molecule has 1 fully saturated rings. The molecule has 4 aromatic rings. The maximum atomic E-state index is 6.47. The second-order valence-corrected chi connectivity index (χ2v) is 7.52. The van der Waals surface area contributed by atoms with E-state index in [1.54, 1.807) is 6.26 Å². The summed E-state index contributed by atoms with van der Waals surface area (Å²) >= 11 is 0. The van der Waals surface area contributed by atoms with Crippen LogP contribution >= 0.6 is 0 Å². The van der Waals surface area contributed by atoms with Crippen molar-refractivity contribution in [2.75, 3.05) is 0 Å². The van der Waals surface area contributed by atoms with Gasteiger partial charge in [-0.3, -0.25) is 4.98 Å². The van der Waals surface area contributed by atoms with E-state index in [9.17, 15) is 0 Å². The summed E-state index contributed by atoms with van der Waals surface area (Å²) in [7, 11) is 0. The molecule has 138 valence electrons. The van der Waals surface area contributed by atoms with Gasteiger partial charge in [-0.2, -0.15) is 0 Å². The molecule has 1 aliphatic carbocycles. The van der Waals surface area contributed by atoms with Crippen molar-refractivity contribution in [1.29, 1.82) is 0 Å². The third kappa shape index (κ3) is 2.85. The lowest BCUT2D eigenvalue weighted by Crippen LogP contribution is -2.43. The topological polar surface area (TPSA) is 52.0 Å². The fourth-order valence-electron chi connectivity index (χ4n) is 3.99. The second-order valence-electron chi connectivity index (χ2n) is 7.52. The van der Waals surface area contributed by atoms with Crippen LogP contribution in [0.4, 0.5) is 0 Å². The van der Waals surface area contributed by atoms with Crippen molar-refractivity contribution in [3.63, 3.8) is 0 Å². The number of nitrogens with zero attached hydrogens (tertiary/aromatic N) is 1. The molecule has 1 aliphatic rings. The van der Waals surface area contributed by atoms with Gasteiger partial charge in [0.25, 0.3) is 0 Å². The zero-order chi connectivity index (χ0) is 19.0. The Balaban J connectivity index is 1.57. The number of hydrogen-bond acceptors (Lipinski definition) is 3. The second kappa shape index (κ2) is 6.77. The highest BCUT2D eigenvalue weighted by Crippen LogP contribution is 2.41. The summed E-state index contributed by atoms with van der Waals surface area (Å²) < 4.78 is 5.91. The van der Waals surface area contributed by atoms with Crippen LogP contribution in [0.5, 0.6) is 0 Å². The molecule has 0 radical (unpaired) electrons. The van der Waals surface area contributed by atoms with E-state index in [0.717, 1.165) is 46.5 Å². The Hall–Kier alpha value is -3.17. The van der Waals surface area contributed by atoms with Gasteiger partial charge in [0, 0.05) is 28.4 Å². The largest absolute Gasteiger partial charge is 0.464 e. The Morgan fingerprint density at radius 1 is 0.786 bits per heavy atom. The van der Waals surface area contributed by atoms with Gasteiger partial charge >= 0.3 is 0 Å². The van der Waals surface area contributed by atoms with Crippen molar-refractivity contribution < 1.29 is 4.42 Å². The molecule has 2 heterocycles. The molecule has 5 rings (SSSR count). The van der Waals surface area contributed by atoms with Crippen LogP contribution in [0.3, 0.4) is 0 Å². The number of nitrogens with two attached hydrogens (primary N) is 1. The molecular formula is C25H22N2O. The van der Waals surface area contributed by atoms with Gasteiger partial charge < -0.3 is 10.2 Å². The number of benzene rings is 2. The van der Waals surface area contributed by atoms with Gasteiger partial charge in [-0.25, -0.2) is 0 Å². The highest BCUT2D eigenvalue weighted by atomic mass is 16.3. The summed E-state index contributed by atoms with van der Waals surface area (Å²) in [6, 6.07) is 24.9. The monoisotopic (exact) mass is 366 g/mol. The Morgan fingerprint density at radius 2 is 1.57 bits per heavy atom. The van der Waals surface area contributed by atoms with Crippen molar-refractivity contribution in [3.05, 3.63) is 90.8 Å². The van der Waals surface area contributed by atoms with Crippen LogP contribution in [0, 0.1) is 0 Å². The first kappa shape index (κ1) is 17.0. The highest BCUT2D eigenvalue weighted by Gasteiger charge is 2.34. The zero-order valence-corrected chi connectivity index (χ0v) is 15.6. The SMILES string of the molecule is NC1(c2ccc(-c3ncccc3-c3occc3-c3ccccc3)cc2)CCC1. The third-order valence-corrected chi connectivity index (χ3v) is 5.78. The maximum absolute atomic E-state index is 6.47. The van der Waals surface area contributed by atoms with Gasteiger partial charge in [0.15, 0.2) is 0 Å². The Bertz CT molecular complexity index is 1090. The standard InChI is InChI=1S/C25H22N2O/c26-25(14-5-15-25)20-11-9-19(10-12-20)23-22(8-4-16-27-23)24-21(13-17-28-24)18-6-2-1-3-7-18/h1-4,6-13,16-17H,5,14-15,26H2. The zero-order valence-electron chi connectivity index (χ0n) is 15.6. The van der Waals surface area contributed by atoms with E-state index in [-0.39, 0.29) is 5.54 Å². The van der Waals surface area contributed by atoms with Gasteiger partial charge in [0.2, 0.25) is 0 Å². The first-order valence-corrected chi connectivity index (χ1v) is 9.73. The van der Waals surface area contributed by atoms with E-state index in [4.69, 9.17) is 10.2 Å². The summed E-state index contributed by atoms with van der Waals surface area (Å²) in [5.74, 6) is 0.840. The molecule has 0 spiro atoms. The van der Waals surface area contributed by atoms with Crippen molar-refractivity contribution in [3.8, 4) is 33.7 Å². The van der Waals surface area contributed by atoms with E-state index >= 15 is 0 Å². The van der Waals surface area contributed by atoms with Gasteiger partial charge in [-0.05, 0) is 48.6 Å². The van der Waals surface area contributed by atoms with Crippen LogP contribution in [-0.4, -0.2) is 4.98 Å². The molecule has 1 saturated carbocycles. The van der Waals surface area contributed by atoms with E-state index in [1.807, 2.05) is 36.5 Å². The van der Waals surface area contributed by atoms with Crippen LogP contribution in [-0.2, 0) is 5.54 Å². The maximum Gasteiger partial charge on any atom is 0.143 e. The van der Waals surface area contributed by atoms with Crippen LogP contribution in [0.15, 0.2) is 89.7 Å². The average Bonchev–Trinajstić information content (AvgIpc) is 3.23. The lowest BCUT2D eigenvalue weighted by Gasteiger charge is -2.38. The van der Waals surface area contributed by atoms with Gasteiger partial charge in [-0.15, -0.1) is 0 Å². The highest BCUT2D eigenvalue weighted by molar-refractivity contribution is 5.87. The van der Waals surface area contributed by atoms with Crippen LogP contribution in [0.2, 0.25) is 0 Å². The summed E-state index contributed by atoms with van der Waals surface area (Å²) in [6.07, 6.45) is 6.91. The Morgan fingerprint density at radius 3 is 2.29 bits per heavy atom. The minimum absolute atomic E-state index is 0.146. The fraction of sp³-hybridized carbons (Fsp3) is 0.160. The van der Waals surface area contributed by atoms with Crippen molar-refractivity contribution in [2.24, 2.45) is 5.73 Å². The molecule has 3 nitrogen and oxygen atoms in total. The van der Waals surface area contributed by atoms with E-state index in [1.165, 1.54) is 12.0 Å². The quantitative estimate of drug-likeness (QED) is 0.481. The summed E-state index contributed by atoms with van der Waals surface area (Å²) in [5.41, 5.74) is 12.7. The minimum atomic E-state index is -0.146. The number of rotatable bonds is 4. The summed E-state index contributed by atoms with van der Waals surface area (Å²) in [5, 5.41) is 0. The van der Waals surface area contributed by atoms with Crippen LogP contribution in [0.25, 0.3) is 33.7 Å². The molecule has 0 bridgehead atoms. The molecule has 0 unspecified atom stereocenters. The third-order valence-electron chi connectivity index (χ3n) is 5.78. The Kier molecular flexibility index (Phi) is 4.10. The van der Waals surface area contributed by atoms with Gasteiger partial charge in [0.05, 0.1) is 12.0 Å².